The second kappa shape index (κ2) is 4.88. The van der Waals surface area contributed by atoms with Gasteiger partial charge in [0.25, 0.3) is 0 Å². The molecule has 18 heavy (non-hydrogen) atoms. The van der Waals surface area contributed by atoms with Crippen LogP contribution < -0.4 is 4.90 Å². The zero-order valence-corrected chi connectivity index (χ0v) is 11.0. The van der Waals surface area contributed by atoms with E-state index in [2.05, 4.69) is 17.0 Å². The fourth-order valence-corrected chi connectivity index (χ4v) is 2.49. The van der Waals surface area contributed by atoms with E-state index in [4.69, 9.17) is 22.1 Å². The maximum Gasteiger partial charge on any atom is 0.147 e. The lowest BCUT2D eigenvalue weighted by molar-refractivity contribution is 0.393. The standard InChI is InChI=1S/C14H14ClN3/c1-11-12(15)3-2-4-13(11)18-7-5-14(9-16,10-17)6-8-18/h2-4H,5-8H2,1H3. The molecule has 92 valence electrons. The Balaban J connectivity index is 2.19. The highest BCUT2D eigenvalue weighted by Gasteiger charge is 2.35. The molecule has 0 aliphatic carbocycles. The molecule has 1 heterocycles. The number of nitriles is 2. The van der Waals surface area contributed by atoms with Gasteiger partial charge in [-0.05, 0) is 37.5 Å². The lowest BCUT2D eigenvalue weighted by Gasteiger charge is -2.35. The molecule has 3 nitrogen and oxygen atoms in total. The Hall–Kier alpha value is -1.71. The fourth-order valence-electron chi connectivity index (χ4n) is 2.32. The average Bonchev–Trinajstić information content (AvgIpc) is 2.42. The van der Waals surface area contributed by atoms with Gasteiger partial charge in [0.05, 0.1) is 12.1 Å². The molecule has 0 N–H and O–H groups in total. The zero-order chi connectivity index (χ0) is 13.2. The van der Waals surface area contributed by atoms with Crippen molar-refractivity contribution < 1.29 is 0 Å². The van der Waals surface area contributed by atoms with Gasteiger partial charge in [-0.2, -0.15) is 10.5 Å². The van der Waals surface area contributed by atoms with Crippen molar-refractivity contribution in [2.24, 2.45) is 5.41 Å². The molecule has 0 amide bonds. The molecule has 0 radical (unpaired) electrons. The fraction of sp³-hybridized carbons (Fsp3) is 0.429. The van der Waals surface area contributed by atoms with Crippen molar-refractivity contribution in [3.05, 3.63) is 28.8 Å². The molecule has 0 bridgehead atoms. The third-order valence-electron chi connectivity index (χ3n) is 3.62. The molecule has 0 unspecified atom stereocenters. The lowest BCUT2D eigenvalue weighted by Crippen LogP contribution is -2.39. The molecule has 0 spiro atoms. The zero-order valence-electron chi connectivity index (χ0n) is 10.3. The van der Waals surface area contributed by atoms with Crippen LogP contribution in [-0.4, -0.2) is 13.1 Å². The van der Waals surface area contributed by atoms with Crippen LogP contribution in [0.4, 0.5) is 5.69 Å². The number of piperidine rings is 1. The Morgan fingerprint density at radius 3 is 2.39 bits per heavy atom. The van der Waals surface area contributed by atoms with Crippen LogP contribution in [0.1, 0.15) is 18.4 Å². The average molecular weight is 260 g/mol. The van der Waals surface area contributed by atoms with E-state index in [-0.39, 0.29) is 0 Å². The van der Waals surface area contributed by atoms with Crippen molar-refractivity contribution in [3.8, 4) is 12.1 Å². The summed E-state index contributed by atoms with van der Waals surface area (Å²) >= 11 is 6.11. The Labute approximate surface area is 112 Å². The smallest absolute Gasteiger partial charge is 0.147 e. The van der Waals surface area contributed by atoms with E-state index < -0.39 is 5.41 Å². The summed E-state index contributed by atoms with van der Waals surface area (Å²) in [5.41, 5.74) is 1.36. The predicted molar refractivity (Wildman–Crippen MR) is 71.3 cm³/mol. The highest BCUT2D eigenvalue weighted by Crippen LogP contribution is 2.34. The van der Waals surface area contributed by atoms with E-state index in [1.807, 2.05) is 25.1 Å². The predicted octanol–water partition coefficient (Wildman–Crippen LogP) is 3.28. The summed E-state index contributed by atoms with van der Waals surface area (Å²) in [5.74, 6) is 0. The summed E-state index contributed by atoms with van der Waals surface area (Å²) in [6.45, 7) is 3.44. The first-order valence-corrected chi connectivity index (χ1v) is 6.32. The van der Waals surface area contributed by atoms with Crippen molar-refractivity contribution in [1.29, 1.82) is 10.5 Å². The number of halogens is 1. The van der Waals surface area contributed by atoms with Crippen LogP contribution in [0, 0.1) is 35.0 Å². The van der Waals surface area contributed by atoms with Crippen LogP contribution in [0.5, 0.6) is 0 Å². The second-order valence-corrected chi connectivity index (χ2v) is 5.08. The van der Waals surface area contributed by atoms with Crippen molar-refractivity contribution in [1.82, 2.24) is 0 Å². The molecule has 1 aliphatic heterocycles. The Bertz CT molecular complexity index is 515. The van der Waals surface area contributed by atoms with Gasteiger partial charge in [-0.25, -0.2) is 0 Å². The van der Waals surface area contributed by atoms with Gasteiger partial charge in [0.15, 0.2) is 0 Å². The first-order chi connectivity index (χ1) is 8.62. The summed E-state index contributed by atoms with van der Waals surface area (Å²) in [5, 5.41) is 18.9. The number of nitrogens with zero attached hydrogens (tertiary/aromatic N) is 3. The third-order valence-corrected chi connectivity index (χ3v) is 4.03. The molecular formula is C14H14ClN3. The summed E-state index contributed by atoms with van der Waals surface area (Å²) in [6.07, 6.45) is 1.18. The van der Waals surface area contributed by atoms with Crippen molar-refractivity contribution >= 4 is 17.3 Å². The highest BCUT2D eigenvalue weighted by molar-refractivity contribution is 6.31. The summed E-state index contributed by atoms with van der Waals surface area (Å²) in [6, 6.07) is 10.1. The minimum atomic E-state index is -0.803. The molecule has 4 heteroatoms. The highest BCUT2D eigenvalue weighted by atomic mass is 35.5. The van der Waals surface area contributed by atoms with Gasteiger partial charge < -0.3 is 4.90 Å². The summed E-state index contributed by atoms with van der Waals surface area (Å²) < 4.78 is 0. The topological polar surface area (TPSA) is 50.8 Å². The number of hydrogen-bond donors (Lipinski definition) is 0. The van der Waals surface area contributed by atoms with E-state index in [1.165, 1.54) is 0 Å². The molecule has 1 fully saturated rings. The van der Waals surface area contributed by atoms with Gasteiger partial charge in [-0.3, -0.25) is 0 Å². The van der Waals surface area contributed by atoms with E-state index in [9.17, 15) is 0 Å². The first kappa shape index (κ1) is 12.7. The molecule has 1 saturated heterocycles. The number of anilines is 1. The largest absolute Gasteiger partial charge is 0.371 e. The van der Waals surface area contributed by atoms with Crippen LogP contribution in [0.2, 0.25) is 5.02 Å². The molecule has 1 aromatic carbocycles. The van der Waals surface area contributed by atoms with Gasteiger partial charge >= 0.3 is 0 Å². The van der Waals surface area contributed by atoms with E-state index in [0.717, 1.165) is 29.4 Å². The molecular weight excluding hydrogens is 246 g/mol. The van der Waals surface area contributed by atoms with Crippen LogP contribution in [0.15, 0.2) is 18.2 Å². The number of benzene rings is 1. The molecule has 1 aromatic rings. The molecule has 1 aliphatic rings. The minimum Gasteiger partial charge on any atom is -0.371 e. The first-order valence-electron chi connectivity index (χ1n) is 5.94. The van der Waals surface area contributed by atoms with Gasteiger partial charge in [0, 0.05) is 23.8 Å². The van der Waals surface area contributed by atoms with Crippen LogP contribution in [-0.2, 0) is 0 Å². The summed E-state index contributed by atoms with van der Waals surface area (Å²) in [4.78, 5) is 2.20. The maximum atomic E-state index is 9.08. The van der Waals surface area contributed by atoms with Gasteiger partial charge in [-0.1, -0.05) is 17.7 Å². The quantitative estimate of drug-likeness (QED) is 0.778. The van der Waals surface area contributed by atoms with Crippen molar-refractivity contribution in [2.75, 3.05) is 18.0 Å². The molecule has 0 aromatic heterocycles. The third kappa shape index (κ3) is 2.15. The van der Waals surface area contributed by atoms with E-state index in [1.54, 1.807) is 0 Å². The lowest BCUT2D eigenvalue weighted by atomic mass is 9.81. The Kier molecular flexibility index (Phi) is 3.45. The van der Waals surface area contributed by atoms with Gasteiger partial charge in [-0.15, -0.1) is 0 Å². The van der Waals surface area contributed by atoms with Crippen molar-refractivity contribution in [2.45, 2.75) is 19.8 Å². The number of rotatable bonds is 1. The normalized spacial score (nSPS) is 17.9. The Morgan fingerprint density at radius 2 is 1.83 bits per heavy atom. The summed E-state index contributed by atoms with van der Waals surface area (Å²) in [7, 11) is 0. The maximum absolute atomic E-state index is 9.08. The van der Waals surface area contributed by atoms with Gasteiger partial charge in [0.1, 0.15) is 5.41 Å². The minimum absolute atomic E-state index is 0.589. The van der Waals surface area contributed by atoms with Crippen molar-refractivity contribution in [3.63, 3.8) is 0 Å². The molecule has 2 rings (SSSR count). The molecule has 0 atom stereocenters. The molecule has 0 saturated carbocycles. The Morgan fingerprint density at radius 1 is 1.22 bits per heavy atom. The number of hydrogen-bond acceptors (Lipinski definition) is 3. The van der Waals surface area contributed by atoms with Crippen LogP contribution in [0.25, 0.3) is 0 Å². The van der Waals surface area contributed by atoms with Crippen LogP contribution in [0.3, 0.4) is 0 Å². The van der Waals surface area contributed by atoms with Gasteiger partial charge in [0.2, 0.25) is 0 Å². The van der Waals surface area contributed by atoms with E-state index >= 15 is 0 Å². The van der Waals surface area contributed by atoms with E-state index in [0.29, 0.717) is 12.8 Å². The monoisotopic (exact) mass is 259 g/mol. The van der Waals surface area contributed by atoms with Crippen LogP contribution >= 0.6 is 11.6 Å². The SMILES string of the molecule is Cc1c(Cl)cccc1N1CCC(C#N)(C#N)CC1. The second-order valence-electron chi connectivity index (χ2n) is 4.68.